The van der Waals surface area contributed by atoms with Gasteiger partial charge in [0.05, 0.1) is 24.0 Å². The van der Waals surface area contributed by atoms with Crippen LogP contribution in [0.1, 0.15) is 10.4 Å². The largest absolute Gasteiger partial charge is 0.332 e. The van der Waals surface area contributed by atoms with Crippen LogP contribution in [0.25, 0.3) is 0 Å². The fourth-order valence-corrected chi connectivity index (χ4v) is 1.82. The van der Waals surface area contributed by atoms with Gasteiger partial charge in [0, 0.05) is 26.2 Å². The van der Waals surface area contributed by atoms with Crippen LogP contribution in [0.5, 0.6) is 0 Å². The molecule has 16 heavy (non-hydrogen) atoms. The Balaban J connectivity index is 2.14. The lowest BCUT2D eigenvalue weighted by atomic mass is 10.1. The number of hydrogen-bond acceptors (Lipinski definition) is 5. The van der Waals surface area contributed by atoms with Crippen molar-refractivity contribution in [3.8, 4) is 0 Å². The zero-order chi connectivity index (χ0) is 11.4. The van der Waals surface area contributed by atoms with Gasteiger partial charge in [-0.2, -0.15) is 10.2 Å². The van der Waals surface area contributed by atoms with Crippen LogP contribution in [0.15, 0.2) is 18.5 Å². The van der Waals surface area contributed by atoms with Crippen LogP contribution in [0.3, 0.4) is 0 Å². The van der Waals surface area contributed by atoms with E-state index in [1.807, 2.05) is 0 Å². The van der Waals surface area contributed by atoms with Gasteiger partial charge in [0.25, 0.3) is 5.91 Å². The number of nitrogens with one attached hydrogen (secondary N) is 1. The van der Waals surface area contributed by atoms with Gasteiger partial charge in [0.1, 0.15) is 0 Å². The van der Waals surface area contributed by atoms with E-state index in [4.69, 9.17) is 5.73 Å². The summed E-state index contributed by atoms with van der Waals surface area (Å²) in [5, 5.41) is 10.6. The minimum Gasteiger partial charge on any atom is -0.332 e. The topological polar surface area (TPSA) is 84.1 Å². The molecule has 1 aliphatic rings. The Bertz CT molecular complexity index is 355. The van der Waals surface area contributed by atoms with E-state index in [0.29, 0.717) is 18.7 Å². The molecule has 0 saturated carbocycles. The number of carbonyl (C=O) groups excluding carboxylic acids is 1. The Morgan fingerprint density at radius 3 is 3.19 bits per heavy atom. The molecule has 6 heteroatoms. The van der Waals surface area contributed by atoms with Gasteiger partial charge >= 0.3 is 0 Å². The predicted molar refractivity (Wildman–Crippen MR) is 58.8 cm³/mol. The summed E-state index contributed by atoms with van der Waals surface area (Å²) in [6, 6.07) is 1.74. The van der Waals surface area contributed by atoms with Gasteiger partial charge in [-0.05, 0) is 6.07 Å². The molecule has 1 amide bonds. The molecule has 2 rings (SSSR count). The van der Waals surface area contributed by atoms with Gasteiger partial charge in [-0.15, -0.1) is 0 Å². The molecule has 3 N–H and O–H groups in total. The van der Waals surface area contributed by atoms with Gasteiger partial charge in [-0.3, -0.25) is 4.79 Å². The molecule has 1 saturated heterocycles. The van der Waals surface area contributed by atoms with Crippen molar-refractivity contribution >= 4 is 5.91 Å². The lowest BCUT2D eigenvalue weighted by Crippen LogP contribution is -2.56. The molecular weight excluding hydrogens is 206 g/mol. The van der Waals surface area contributed by atoms with Crippen LogP contribution in [0.2, 0.25) is 0 Å². The van der Waals surface area contributed by atoms with E-state index < -0.39 is 0 Å². The lowest BCUT2D eigenvalue weighted by molar-refractivity contribution is 0.0644. The number of piperazine rings is 1. The normalized spacial score (nSPS) is 20.8. The number of carbonyl (C=O) groups is 1. The second kappa shape index (κ2) is 5.00. The van der Waals surface area contributed by atoms with E-state index in [9.17, 15) is 4.79 Å². The highest BCUT2D eigenvalue weighted by molar-refractivity contribution is 5.94. The molecule has 6 nitrogen and oxygen atoms in total. The van der Waals surface area contributed by atoms with Crippen LogP contribution in [0.4, 0.5) is 0 Å². The summed E-state index contributed by atoms with van der Waals surface area (Å²) >= 11 is 0. The second-order valence-electron chi connectivity index (χ2n) is 3.72. The smallest absolute Gasteiger partial charge is 0.255 e. The summed E-state index contributed by atoms with van der Waals surface area (Å²) in [6.07, 6.45) is 3.00. The van der Waals surface area contributed by atoms with E-state index in [1.165, 1.54) is 12.4 Å². The molecule has 2 heterocycles. The molecule has 1 aliphatic heterocycles. The van der Waals surface area contributed by atoms with Crippen LogP contribution < -0.4 is 11.1 Å². The molecule has 1 atom stereocenters. The van der Waals surface area contributed by atoms with E-state index in [2.05, 4.69) is 15.5 Å². The molecule has 0 spiro atoms. The molecule has 0 bridgehead atoms. The van der Waals surface area contributed by atoms with Crippen LogP contribution >= 0.6 is 0 Å². The third kappa shape index (κ3) is 2.17. The zero-order valence-electron chi connectivity index (χ0n) is 8.97. The Morgan fingerprint density at radius 1 is 1.62 bits per heavy atom. The van der Waals surface area contributed by atoms with Crippen molar-refractivity contribution in [2.45, 2.75) is 6.04 Å². The van der Waals surface area contributed by atoms with Crippen LogP contribution in [-0.4, -0.2) is 53.2 Å². The third-order valence-corrected chi connectivity index (χ3v) is 2.71. The van der Waals surface area contributed by atoms with Crippen molar-refractivity contribution in [1.82, 2.24) is 20.4 Å². The molecular formula is C10H15N5O. The summed E-state index contributed by atoms with van der Waals surface area (Å²) in [5.74, 6) is -0.0214. The number of nitrogens with zero attached hydrogens (tertiary/aromatic N) is 3. The first-order valence-electron chi connectivity index (χ1n) is 5.31. The molecule has 86 valence electrons. The van der Waals surface area contributed by atoms with Gasteiger partial charge in [-0.1, -0.05) is 0 Å². The fourth-order valence-electron chi connectivity index (χ4n) is 1.82. The van der Waals surface area contributed by atoms with Crippen molar-refractivity contribution in [2.24, 2.45) is 5.73 Å². The molecule has 1 aromatic heterocycles. The van der Waals surface area contributed by atoms with Gasteiger partial charge in [0.15, 0.2) is 0 Å². The number of amides is 1. The maximum atomic E-state index is 12.1. The zero-order valence-corrected chi connectivity index (χ0v) is 8.97. The highest BCUT2D eigenvalue weighted by Gasteiger charge is 2.26. The van der Waals surface area contributed by atoms with E-state index >= 15 is 0 Å². The van der Waals surface area contributed by atoms with Crippen molar-refractivity contribution < 1.29 is 4.79 Å². The van der Waals surface area contributed by atoms with Gasteiger partial charge in [0.2, 0.25) is 0 Å². The lowest BCUT2D eigenvalue weighted by Gasteiger charge is -2.35. The maximum absolute atomic E-state index is 12.1. The Kier molecular flexibility index (Phi) is 3.43. The standard InChI is InChI=1S/C10H15N5O/c11-5-9-7-12-3-4-15(9)10(16)8-1-2-13-14-6-8/h1-2,6,9,12H,3-5,7,11H2. The van der Waals surface area contributed by atoms with E-state index in [-0.39, 0.29) is 11.9 Å². The molecule has 0 aliphatic carbocycles. The molecule has 1 unspecified atom stereocenters. The highest BCUT2D eigenvalue weighted by Crippen LogP contribution is 2.08. The predicted octanol–water partition coefficient (Wildman–Crippen LogP) is -1.15. The van der Waals surface area contributed by atoms with Crippen LogP contribution in [0, 0.1) is 0 Å². The monoisotopic (exact) mass is 221 g/mol. The van der Waals surface area contributed by atoms with E-state index in [1.54, 1.807) is 11.0 Å². The first kappa shape index (κ1) is 11.0. The Labute approximate surface area is 93.8 Å². The summed E-state index contributed by atoms with van der Waals surface area (Å²) in [6.45, 7) is 2.71. The maximum Gasteiger partial charge on any atom is 0.255 e. The summed E-state index contributed by atoms with van der Waals surface area (Å²) < 4.78 is 0. The highest BCUT2D eigenvalue weighted by atomic mass is 16.2. The molecule has 0 aromatic carbocycles. The van der Waals surface area contributed by atoms with Crippen molar-refractivity contribution in [2.75, 3.05) is 26.2 Å². The Morgan fingerprint density at radius 2 is 2.50 bits per heavy atom. The fraction of sp³-hybridized carbons (Fsp3) is 0.500. The third-order valence-electron chi connectivity index (χ3n) is 2.71. The second-order valence-corrected chi connectivity index (χ2v) is 3.72. The van der Waals surface area contributed by atoms with E-state index in [0.717, 1.165) is 13.1 Å². The first-order valence-corrected chi connectivity index (χ1v) is 5.31. The number of nitrogens with two attached hydrogens (primary N) is 1. The van der Waals surface area contributed by atoms with Crippen molar-refractivity contribution in [1.29, 1.82) is 0 Å². The quantitative estimate of drug-likeness (QED) is 0.658. The minimum atomic E-state index is -0.0214. The molecule has 0 radical (unpaired) electrons. The summed E-state index contributed by atoms with van der Waals surface area (Å²) in [4.78, 5) is 13.9. The van der Waals surface area contributed by atoms with Crippen molar-refractivity contribution in [3.63, 3.8) is 0 Å². The molecule has 1 aromatic rings. The number of hydrogen-bond donors (Lipinski definition) is 2. The number of aromatic nitrogens is 2. The first-order chi connectivity index (χ1) is 7.83. The SMILES string of the molecule is NCC1CNCCN1C(=O)c1ccnnc1. The molecule has 1 fully saturated rings. The van der Waals surface area contributed by atoms with Gasteiger partial charge < -0.3 is 16.0 Å². The van der Waals surface area contributed by atoms with Crippen molar-refractivity contribution in [3.05, 3.63) is 24.0 Å². The Hall–Kier alpha value is -1.53. The summed E-state index contributed by atoms with van der Waals surface area (Å²) in [7, 11) is 0. The van der Waals surface area contributed by atoms with Crippen LogP contribution in [-0.2, 0) is 0 Å². The number of rotatable bonds is 2. The average molecular weight is 221 g/mol. The summed E-state index contributed by atoms with van der Waals surface area (Å²) in [5.41, 5.74) is 6.21. The van der Waals surface area contributed by atoms with Gasteiger partial charge in [-0.25, -0.2) is 0 Å². The minimum absolute atomic E-state index is 0.0214. The average Bonchev–Trinajstić information content (AvgIpc) is 2.39.